The first-order chi connectivity index (χ1) is 15.0. The number of ether oxygens (including phenoxy) is 1. The number of amides is 1. The molecule has 0 bridgehead atoms. The van der Waals surface area contributed by atoms with Crippen molar-refractivity contribution in [3.05, 3.63) is 48.8 Å². The van der Waals surface area contributed by atoms with Crippen LogP contribution >= 0.6 is 11.3 Å². The maximum atomic E-state index is 13.4. The van der Waals surface area contributed by atoms with Gasteiger partial charge in [-0.1, -0.05) is 23.5 Å². The van der Waals surface area contributed by atoms with E-state index in [1.807, 2.05) is 24.3 Å². The monoisotopic (exact) mass is 460 g/mol. The Bertz CT molecular complexity index is 1110. The quantitative estimate of drug-likeness (QED) is 0.538. The Balaban J connectivity index is 1.48. The van der Waals surface area contributed by atoms with Crippen LogP contribution in [0.4, 0.5) is 5.13 Å². The number of thiazole rings is 1. The summed E-state index contributed by atoms with van der Waals surface area (Å²) in [4.78, 5) is 23.8. The third-order valence-corrected chi connectivity index (χ3v) is 8.32. The zero-order chi connectivity index (χ0) is 21.8. The Kier molecular flexibility index (Phi) is 6.61. The third kappa shape index (κ3) is 4.62. The van der Waals surface area contributed by atoms with Crippen LogP contribution in [0.1, 0.15) is 12.8 Å². The highest BCUT2D eigenvalue weighted by atomic mass is 32.2. The number of sulfonamides is 1. The second-order valence-corrected chi connectivity index (χ2v) is 10.3. The fourth-order valence-corrected chi connectivity index (χ4v) is 6.10. The minimum Gasteiger partial charge on any atom is -0.383 e. The van der Waals surface area contributed by atoms with Gasteiger partial charge in [0.15, 0.2) is 5.13 Å². The molecule has 0 spiro atoms. The summed E-state index contributed by atoms with van der Waals surface area (Å²) in [5, 5.41) is 0.647. The first-order valence-corrected chi connectivity index (χ1v) is 12.3. The molecule has 1 aliphatic rings. The van der Waals surface area contributed by atoms with E-state index in [1.54, 1.807) is 30.3 Å². The topological polar surface area (TPSA) is 92.7 Å². The van der Waals surface area contributed by atoms with Gasteiger partial charge in [0.05, 0.1) is 23.4 Å². The number of methoxy groups -OCH3 is 1. The van der Waals surface area contributed by atoms with Gasteiger partial charge in [-0.05, 0) is 37.1 Å². The lowest BCUT2D eigenvalue weighted by Gasteiger charge is -2.32. The second kappa shape index (κ2) is 9.39. The van der Waals surface area contributed by atoms with Crippen LogP contribution in [0.15, 0.2) is 53.7 Å². The Morgan fingerprint density at radius 1 is 1.23 bits per heavy atom. The van der Waals surface area contributed by atoms with Crippen molar-refractivity contribution in [1.82, 2.24) is 14.3 Å². The predicted octanol–water partition coefficient (Wildman–Crippen LogP) is 2.77. The number of carbonyl (C=O) groups excluding carboxylic acids is 1. The van der Waals surface area contributed by atoms with Crippen molar-refractivity contribution in [1.29, 1.82) is 0 Å². The molecule has 164 valence electrons. The van der Waals surface area contributed by atoms with E-state index in [0.29, 0.717) is 44.2 Å². The molecule has 10 heteroatoms. The van der Waals surface area contributed by atoms with Gasteiger partial charge in [-0.3, -0.25) is 14.7 Å². The molecule has 0 unspecified atom stereocenters. The third-order valence-electron chi connectivity index (χ3n) is 5.37. The molecule has 0 N–H and O–H groups in total. The summed E-state index contributed by atoms with van der Waals surface area (Å²) in [5.41, 5.74) is 0.857. The van der Waals surface area contributed by atoms with Crippen LogP contribution in [0, 0.1) is 5.92 Å². The van der Waals surface area contributed by atoms with Crippen LogP contribution in [0.2, 0.25) is 0 Å². The van der Waals surface area contributed by atoms with Crippen molar-refractivity contribution in [2.45, 2.75) is 17.7 Å². The first-order valence-electron chi connectivity index (χ1n) is 10.1. The molecular formula is C21H24N4O4S2. The Morgan fingerprint density at radius 2 is 2.00 bits per heavy atom. The normalized spacial score (nSPS) is 15.9. The van der Waals surface area contributed by atoms with Crippen LogP contribution in [-0.2, 0) is 19.6 Å². The Hall–Kier alpha value is -2.40. The molecule has 2 aromatic heterocycles. The number of carbonyl (C=O) groups is 1. The maximum absolute atomic E-state index is 13.4. The van der Waals surface area contributed by atoms with E-state index in [4.69, 9.17) is 4.74 Å². The molecule has 1 fully saturated rings. The van der Waals surface area contributed by atoms with Gasteiger partial charge in [-0.15, -0.1) is 0 Å². The molecule has 0 saturated carbocycles. The van der Waals surface area contributed by atoms with Crippen LogP contribution in [0.3, 0.4) is 0 Å². The SMILES string of the molecule is COCCN(C(=O)C1CCN(S(=O)(=O)c2cccnc2)CC1)c1nc2ccccc2s1. The van der Waals surface area contributed by atoms with Gasteiger partial charge in [-0.25, -0.2) is 13.4 Å². The number of hydrogen-bond donors (Lipinski definition) is 0. The lowest BCUT2D eigenvalue weighted by molar-refractivity contribution is -0.123. The number of fused-ring (bicyclic) bond motifs is 1. The molecule has 1 amide bonds. The highest BCUT2D eigenvalue weighted by Gasteiger charge is 2.35. The average molecular weight is 461 g/mol. The number of piperidine rings is 1. The number of pyridine rings is 1. The molecule has 4 rings (SSSR count). The number of nitrogens with zero attached hydrogens (tertiary/aromatic N) is 4. The van der Waals surface area contributed by atoms with Gasteiger partial charge in [0, 0.05) is 38.5 Å². The van der Waals surface area contributed by atoms with E-state index in [0.717, 1.165) is 10.2 Å². The van der Waals surface area contributed by atoms with Crippen LogP contribution in [0.25, 0.3) is 10.2 Å². The summed E-state index contributed by atoms with van der Waals surface area (Å²) >= 11 is 1.48. The summed E-state index contributed by atoms with van der Waals surface area (Å²) in [5.74, 6) is -0.293. The molecule has 3 heterocycles. The van der Waals surface area contributed by atoms with E-state index in [2.05, 4.69) is 9.97 Å². The minimum absolute atomic E-state index is 0.0328. The van der Waals surface area contributed by atoms with Crippen molar-refractivity contribution in [3.8, 4) is 0 Å². The molecular weight excluding hydrogens is 436 g/mol. The van der Waals surface area contributed by atoms with Crippen molar-refractivity contribution in [2.75, 3.05) is 38.3 Å². The Morgan fingerprint density at radius 3 is 2.68 bits per heavy atom. The summed E-state index contributed by atoms with van der Waals surface area (Å²) < 4.78 is 33.3. The number of aromatic nitrogens is 2. The van der Waals surface area contributed by atoms with Crippen LogP contribution < -0.4 is 4.90 Å². The molecule has 1 saturated heterocycles. The standard InChI is InChI=1S/C21H24N4O4S2/c1-29-14-13-25(21-23-18-6-2-3-7-19(18)30-21)20(26)16-8-11-24(12-9-16)31(27,28)17-5-4-10-22-15-17/h2-7,10,15-16H,8-9,11-14H2,1H3. The first kappa shape index (κ1) is 21.8. The summed E-state index contributed by atoms with van der Waals surface area (Å²) in [6, 6.07) is 10.9. The van der Waals surface area contributed by atoms with E-state index in [9.17, 15) is 13.2 Å². The number of benzene rings is 1. The smallest absolute Gasteiger partial charge is 0.244 e. The van der Waals surface area contributed by atoms with Crippen molar-refractivity contribution in [3.63, 3.8) is 0 Å². The number of para-hydroxylation sites is 1. The molecule has 0 aliphatic carbocycles. The molecule has 3 aromatic rings. The van der Waals surface area contributed by atoms with E-state index < -0.39 is 10.0 Å². The minimum atomic E-state index is -3.60. The maximum Gasteiger partial charge on any atom is 0.244 e. The van der Waals surface area contributed by atoms with Crippen molar-refractivity contribution in [2.24, 2.45) is 5.92 Å². The zero-order valence-corrected chi connectivity index (χ0v) is 18.8. The number of hydrogen-bond acceptors (Lipinski definition) is 7. The highest BCUT2D eigenvalue weighted by Crippen LogP contribution is 2.31. The van der Waals surface area contributed by atoms with Gasteiger partial charge in [0.2, 0.25) is 15.9 Å². The Labute approximate surface area is 185 Å². The van der Waals surface area contributed by atoms with Crippen molar-refractivity contribution < 1.29 is 17.9 Å². The van der Waals surface area contributed by atoms with Gasteiger partial charge >= 0.3 is 0 Å². The lowest BCUT2D eigenvalue weighted by Crippen LogP contribution is -2.45. The van der Waals surface area contributed by atoms with Crippen LogP contribution in [0.5, 0.6) is 0 Å². The van der Waals surface area contributed by atoms with Crippen LogP contribution in [-0.4, -0.2) is 61.9 Å². The summed E-state index contributed by atoms with van der Waals surface area (Å²) in [6.45, 7) is 1.40. The fraction of sp³-hybridized carbons (Fsp3) is 0.381. The van der Waals surface area contributed by atoms with Gasteiger partial charge in [0.1, 0.15) is 4.90 Å². The van der Waals surface area contributed by atoms with Gasteiger partial charge < -0.3 is 4.74 Å². The summed E-state index contributed by atoms with van der Waals surface area (Å²) in [6.07, 6.45) is 3.83. The largest absolute Gasteiger partial charge is 0.383 e. The van der Waals surface area contributed by atoms with Gasteiger partial charge in [0.25, 0.3) is 0 Å². The summed E-state index contributed by atoms with van der Waals surface area (Å²) in [7, 11) is -2.00. The number of rotatable bonds is 7. The average Bonchev–Trinajstić information content (AvgIpc) is 3.24. The van der Waals surface area contributed by atoms with Crippen molar-refractivity contribution >= 4 is 42.6 Å². The molecule has 8 nitrogen and oxygen atoms in total. The number of anilines is 1. The zero-order valence-electron chi connectivity index (χ0n) is 17.2. The molecule has 0 atom stereocenters. The molecule has 31 heavy (non-hydrogen) atoms. The lowest BCUT2D eigenvalue weighted by atomic mass is 9.96. The molecule has 1 aromatic carbocycles. The van der Waals surface area contributed by atoms with E-state index in [-0.39, 0.29) is 16.7 Å². The second-order valence-electron chi connectivity index (χ2n) is 7.31. The fourth-order valence-electron chi connectivity index (χ4n) is 3.67. The van der Waals surface area contributed by atoms with E-state index >= 15 is 0 Å². The predicted molar refractivity (Wildman–Crippen MR) is 120 cm³/mol. The molecule has 0 radical (unpaired) electrons. The molecule has 1 aliphatic heterocycles. The van der Waals surface area contributed by atoms with E-state index in [1.165, 1.54) is 21.8 Å². The highest BCUT2D eigenvalue weighted by molar-refractivity contribution is 7.89. The van der Waals surface area contributed by atoms with Gasteiger partial charge in [-0.2, -0.15) is 4.31 Å².